The van der Waals surface area contributed by atoms with Gasteiger partial charge in [-0.1, -0.05) is 0 Å². The molecule has 5 nitrogen and oxygen atoms in total. The van der Waals surface area contributed by atoms with E-state index in [0.29, 0.717) is 0 Å². The zero-order valence-corrected chi connectivity index (χ0v) is 5.46. The zero-order valence-electron chi connectivity index (χ0n) is 9.46. The van der Waals surface area contributed by atoms with Gasteiger partial charge in [0.15, 0.2) is 0 Å². The number of imidazole rings is 1. The van der Waals surface area contributed by atoms with E-state index in [9.17, 15) is 4.79 Å². The van der Waals surface area contributed by atoms with E-state index in [-0.39, 0.29) is 0 Å². The lowest BCUT2D eigenvalue weighted by atomic mass is 10.2. The monoisotopic (exact) mass is 162 g/mol. The molecule has 1 heterocycles. The summed E-state index contributed by atoms with van der Waals surface area (Å²) < 4.78 is 29.3. The molecular weight excluding hydrogens is 149 g/mol. The van der Waals surface area contributed by atoms with Gasteiger partial charge in [-0.25, -0.2) is 4.98 Å². The van der Waals surface area contributed by atoms with Crippen LogP contribution in [0.15, 0.2) is 12.5 Å². The smallest absolute Gasteiger partial charge is 0.320 e. The van der Waals surface area contributed by atoms with E-state index in [1.807, 2.05) is 0 Å². The number of nitrogens with one attached hydrogen (secondary N) is 1. The average molecular weight is 162 g/mol. The van der Waals surface area contributed by atoms with Gasteiger partial charge in [-0.15, -0.1) is 0 Å². The van der Waals surface area contributed by atoms with Crippen LogP contribution in [0.1, 0.15) is 11.2 Å². The topological polar surface area (TPSA) is 92.0 Å². The van der Waals surface area contributed by atoms with Gasteiger partial charge >= 0.3 is 5.97 Å². The van der Waals surface area contributed by atoms with Crippen molar-refractivity contribution in [2.24, 2.45) is 5.73 Å². The summed E-state index contributed by atoms with van der Waals surface area (Å²) in [6, 6.07) is -2.88. The molecule has 0 radical (unpaired) electrons. The minimum atomic E-state index is -2.88. The van der Waals surface area contributed by atoms with E-state index in [2.05, 4.69) is 9.97 Å². The Labute approximate surface area is 68.9 Å². The second-order valence-corrected chi connectivity index (χ2v) is 1.73. The summed E-state index contributed by atoms with van der Waals surface area (Å²) >= 11 is 0. The zero-order chi connectivity index (χ0) is 11.9. The third-order valence-electron chi connectivity index (χ3n) is 0.940. The first-order valence-corrected chi connectivity index (χ1v) is 2.74. The molecule has 0 saturated heterocycles. The number of H-pyrrole nitrogens is 1. The fraction of sp³-hybridized carbons (Fsp3) is 0.333. The highest BCUT2D eigenvalue weighted by Crippen LogP contribution is 1.95. The van der Waals surface area contributed by atoms with E-state index in [1.165, 1.54) is 0 Å². The Bertz CT molecular complexity index is 389. The maximum absolute atomic E-state index is 10.6. The van der Waals surface area contributed by atoms with E-state index >= 15 is 0 Å². The van der Waals surface area contributed by atoms with E-state index in [0.717, 1.165) is 6.33 Å². The van der Waals surface area contributed by atoms with Crippen molar-refractivity contribution in [1.82, 2.24) is 9.97 Å². The lowest BCUT2D eigenvalue weighted by Gasteiger charge is -2.02. The number of nitrogens with two attached hydrogens (primary N) is 1. The number of rotatable bonds is 3. The van der Waals surface area contributed by atoms with Gasteiger partial charge in [-0.2, -0.15) is 0 Å². The number of carboxylic acid groups (broad SMARTS) is 1. The van der Waals surface area contributed by atoms with Crippen LogP contribution in [0.3, 0.4) is 0 Å². The molecule has 0 aliphatic rings. The molecule has 0 aliphatic carbocycles. The van der Waals surface area contributed by atoms with Crippen molar-refractivity contribution in [2.75, 3.05) is 0 Å². The molecule has 60 valence electrons. The van der Waals surface area contributed by atoms with Gasteiger partial charge in [0.1, 0.15) is 6.02 Å². The summed E-state index contributed by atoms with van der Waals surface area (Å²) in [6.45, 7) is 0. The summed E-state index contributed by atoms with van der Waals surface area (Å²) in [7, 11) is 0. The largest absolute Gasteiger partial charge is 0.480 e. The molecule has 1 aromatic rings. The lowest BCUT2D eigenvalue weighted by Crippen LogP contribution is -2.32. The second-order valence-electron chi connectivity index (χ2n) is 1.73. The number of aliphatic carboxylic acids is 1. The Morgan fingerprint density at radius 3 is 3.45 bits per heavy atom. The first-order valence-electron chi connectivity index (χ1n) is 4.74. The van der Waals surface area contributed by atoms with Crippen molar-refractivity contribution in [1.29, 1.82) is 0 Å². The Balaban J connectivity index is 3.24. The molecular formula is C6H9N3O2. The number of aromatic amines is 1. The summed E-state index contributed by atoms with van der Waals surface area (Å²) in [4.78, 5) is 16.3. The van der Waals surface area contributed by atoms with Crippen LogP contribution in [0, 0.1) is 0 Å². The molecule has 0 saturated carbocycles. The first kappa shape index (κ1) is 3.87. The van der Waals surface area contributed by atoms with Crippen molar-refractivity contribution < 1.29 is 15.4 Å². The van der Waals surface area contributed by atoms with Crippen molar-refractivity contribution in [3.63, 3.8) is 0 Å². The highest BCUT2D eigenvalue weighted by atomic mass is 16.4. The Kier molecular flexibility index (Phi) is 1.11. The van der Waals surface area contributed by atoms with Crippen LogP contribution in [0.25, 0.3) is 0 Å². The number of nitrogens with zero attached hydrogens (tertiary/aromatic N) is 1. The van der Waals surface area contributed by atoms with E-state index in [1.54, 1.807) is 0 Å². The summed E-state index contributed by atoms with van der Waals surface area (Å²) in [5.74, 6) is -1.82. The van der Waals surface area contributed by atoms with Gasteiger partial charge in [0, 0.05) is 21.0 Å². The number of aromatic nitrogens is 2. The molecule has 0 amide bonds. The summed E-state index contributed by atoms with van der Waals surface area (Å²) in [5, 5.41) is 8.62. The van der Waals surface area contributed by atoms with Gasteiger partial charge < -0.3 is 15.8 Å². The minimum Gasteiger partial charge on any atom is -0.480 e. The first-order chi connectivity index (χ1) is 6.71. The molecule has 5 heteroatoms. The van der Waals surface area contributed by atoms with Gasteiger partial charge in [-0.05, 0) is 0 Å². The Hall–Kier alpha value is -1.36. The number of hydrogen-bond donors (Lipinski definition) is 3. The number of carbonyl (C=O) groups is 1. The van der Waals surface area contributed by atoms with E-state index in [4.69, 9.17) is 16.3 Å². The normalized spacial score (nSPS) is 22.3. The molecule has 4 N–H and O–H groups in total. The summed E-state index contributed by atoms with van der Waals surface area (Å²) in [5.41, 5.74) is 4.63. The Morgan fingerprint density at radius 2 is 3.00 bits per heavy atom. The van der Waals surface area contributed by atoms with Gasteiger partial charge in [-0.3, -0.25) is 4.79 Å². The highest BCUT2D eigenvalue weighted by Gasteiger charge is 2.11. The predicted octanol–water partition coefficient (Wildman–Crippen LogP) is -0.636. The third kappa shape index (κ3) is 2.05. The van der Waals surface area contributed by atoms with Crippen LogP contribution in [0.2, 0.25) is 0 Å². The van der Waals surface area contributed by atoms with Crippen molar-refractivity contribution >= 4 is 5.97 Å². The number of hydrogen-bond acceptors (Lipinski definition) is 3. The van der Waals surface area contributed by atoms with Gasteiger partial charge in [0.05, 0.1) is 9.07 Å². The maximum Gasteiger partial charge on any atom is 0.320 e. The van der Waals surface area contributed by atoms with Gasteiger partial charge in [0.2, 0.25) is 0 Å². The molecule has 0 aliphatic heterocycles. The maximum atomic E-state index is 10.6. The van der Waals surface area contributed by atoms with Crippen LogP contribution >= 0.6 is 0 Å². The molecule has 0 unspecified atom stereocenters. The minimum absolute atomic E-state index is 0.428. The SMILES string of the molecule is [2H]c1[15n][13cH][15nH]c1C([2H])([2H])[C@@]([2H])(N)C(=O)O. The van der Waals surface area contributed by atoms with E-state index < -0.39 is 30.2 Å². The number of carboxylic acids is 1. The van der Waals surface area contributed by atoms with Crippen LogP contribution in [0.5, 0.6) is 0 Å². The Morgan fingerprint density at radius 1 is 2.27 bits per heavy atom. The molecule has 0 aromatic carbocycles. The van der Waals surface area contributed by atoms with Crippen LogP contribution in [0.4, 0.5) is 0 Å². The molecule has 0 bridgehead atoms. The standard InChI is InChI=1S/C6H9N3O2/c7-5(6(10)11)1-4-2-8-3-9-4/h2-3,5H,1,7H2,(H,8,9)(H,10,11)/t5-/m1/s1/i1D2,2D,3+1,5D,8+1,9+1. The van der Waals surface area contributed by atoms with Crippen molar-refractivity contribution in [2.45, 2.75) is 12.4 Å². The predicted molar refractivity (Wildman–Crippen MR) is 37.9 cm³/mol. The molecule has 1 rings (SSSR count). The highest BCUT2D eigenvalue weighted by molar-refractivity contribution is 5.73. The van der Waals surface area contributed by atoms with Crippen LogP contribution in [-0.4, -0.2) is 27.1 Å². The van der Waals surface area contributed by atoms with Crippen LogP contribution < -0.4 is 5.73 Å². The van der Waals surface area contributed by atoms with Gasteiger partial charge in [0.25, 0.3) is 0 Å². The molecule has 0 spiro atoms. The van der Waals surface area contributed by atoms with Crippen molar-refractivity contribution in [3.8, 4) is 0 Å². The van der Waals surface area contributed by atoms with Crippen LogP contribution in [-0.2, 0) is 11.2 Å². The third-order valence-corrected chi connectivity index (χ3v) is 0.940. The molecule has 1 aromatic heterocycles. The summed E-state index contributed by atoms with van der Waals surface area (Å²) in [6.07, 6.45) is -2.16. The molecule has 11 heavy (non-hydrogen) atoms. The lowest BCUT2D eigenvalue weighted by molar-refractivity contribution is -0.138. The molecule has 0 fully saturated rings. The second kappa shape index (κ2) is 3.16. The fourth-order valence-corrected chi connectivity index (χ4v) is 0.478. The average Bonchev–Trinajstić information content (AvgIpc) is 2.51. The van der Waals surface area contributed by atoms with Crippen molar-refractivity contribution in [3.05, 3.63) is 18.2 Å². The molecule has 1 atom stereocenters. The fourth-order valence-electron chi connectivity index (χ4n) is 0.478. The quantitative estimate of drug-likeness (QED) is 0.551.